The maximum absolute atomic E-state index is 5.53. The third-order valence-electron chi connectivity index (χ3n) is 4.92. The van der Waals surface area contributed by atoms with Gasteiger partial charge in [-0.25, -0.2) is 0 Å². The van der Waals surface area contributed by atoms with E-state index in [1.54, 1.807) is 14.2 Å². The Morgan fingerprint density at radius 1 is 1.10 bits per heavy atom. The van der Waals surface area contributed by atoms with Gasteiger partial charge < -0.3 is 25.0 Å². The highest BCUT2D eigenvalue weighted by atomic mass is 16.5. The molecule has 164 valence electrons. The molecule has 0 aromatic heterocycles. The first kappa shape index (κ1) is 23.3. The normalized spacial score (nSPS) is 16.1. The molecule has 1 saturated heterocycles. The van der Waals surface area contributed by atoms with Gasteiger partial charge >= 0.3 is 0 Å². The van der Waals surface area contributed by atoms with E-state index in [2.05, 4.69) is 54.2 Å². The second kappa shape index (κ2) is 11.3. The molecule has 0 spiro atoms. The minimum atomic E-state index is 0.126. The molecule has 1 aliphatic rings. The molecule has 0 saturated carbocycles. The van der Waals surface area contributed by atoms with Gasteiger partial charge in [-0.3, -0.25) is 9.89 Å². The number of aliphatic imine (C=N–C) groups is 1. The molecule has 7 nitrogen and oxygen atoms in total. The molecule has 0 aliphatic carbocycles. The molecular formula is C22H39N5O2. The highest BCUT2D eigenvalue weighted by Crippen LogP contribution is 2.25. The molecule has 1 fully saturated rings. The molecule has 2 N–H and O–H groups in total. The van der Waals surface area contributed by atoms with Gasteiger partial charge in [-0.05, 0) is 45.9 Å². The lowest BCUT2D eigenvalue weighted by atomic mass is 10.1. The molecule has 29 heavy (non-hydrogen) atoms. The number of ether oxygens (including phenoxy) is 2. The Morgan fingerprint density at radius 3 is 2.41 bits per heavy atom. The molecule has 1 aromatic rings. The van der Waals surface area contributed by atoms with Gasteiger partial charge in [-0.1, -0.05) is 0 Å². The minimum absolute atomic E-state index is 0.126. The van der Waals surface area contributed by atoms with Crippen LogP contribution in [0.3, 0.4) is 0 Å². The monoisotopic (exact) mass is 405 g/mol. The fourth-order valence-electron chi connectivity index (χ4n) is 3.38. The number of guanidine groups is 1. The summed E-state index contributed by atoms with van der Waals surface area (Å²) in [4.78, 5) is 9.63. The summed E-state index contributed by atoms with van der Waals surface area (Å²) in [5.41, 5.74) is 1.29. The van der Waals surface area contributed by atoms with Crippen LogP contribution in [0.25, 0.3) is 0 Å². The van der Waals surface area contributed by atoms with Crippen molar-refractivity contribution in [1.29, 1.82) is 0 Å². The Kier molecular flexibility index (Phi) is 9.04. The van der Waals surface area contributed by atoms with Crippen molar-refractivity contribution in [1.82, 2.24) is 20.4 Å². The summed E-state index contributed by atoms with van der Waals surface area (Å²) in [6.07, 6.45) is 0. The zero-order valence-electron chi connectivity index (χ0n) is 19.0. The largest absolute Gasteiger partial charge is 0.497 e. The first-order valence-corrected chi connectivity index (χ1v) is 10.6. The lowest BCUT2D eigenvalue weighted by molar-refractivity contribution is 0.171. The molecule has 7 heteroatoms. The number of nitrogens with one attached hydrogen (secondary N) is 2. The number of hydrogen-bond acceptors (Lipinski definition) is 5. The van der Waals surface area contributed by atoms with E-state index in [1.807, 2.05) is 12.1 Å². The average molecular weight is 406 g/mol. The van der Waals surface area contributed by atoms with Gasteiger partial charge in [0.2, 0.25) is 0 Å². The number of piperazine rings is 1. The van der Waals surface area contributed by atoms with Crippen LogP contribution in [0.1, 0.15) is 33.3 Å². The first-order chi connectivity index (χ1) is 13.9. The van der Waals surface area contributed by atoms with Crippen molar-refractivity contribution in [3.63, 3.8) is 0 Å². The molecule has 0 amide bonds. The Balaban J connectivity index is 1.91. The summed E-state index contributed by atoms with van der Waals surface area (Å²) in [6, 6.07) is 5.98. The second-order valence-corrected chi connectivity index (χ2v) is 8.35. The van der Waals surface area contributed by atoms with Crippen molar-refractivity contribution in [3.8, 4) is 11.5 Å². The maximum Gasteiger partial charge on any atom is 0.194 e. The van der Waals surface area contributed by atoms with E-state index in [1.165, 1.54) is 0 Å². The van der Waals surface area contributed by atoms with Gasteiger partial charge in [-0.15, -0.1) is 0 Å². The molecule has 0 bridgehead atoms. The Labute approximate surface area is 176 Å². The fourth-order valence-corrected chi connectivity index (χ4v) is 3.38. The predicted octanol–water partition coefficient (Wildman–Crippen LogP) is 2.18. The summed E-state index contributed by atoms with van der Waals surface area (Å²) >= 11 is 0. The highest BCUT2D eigenvalue weighted by Gasteiger charge is 2.21. The van der Waals surface area contributed by atoms with Crippen molar-refractivity contribution in [2.75, 3.05) is 60.0 Å². The van der Waals surface area contributed by atoms with Crippen molar-refractivity contribution >= 4 is 5.96 Å². The second-order valence-electron chi connectivity index (χ2n) is 8.35. The molecule has 1 aromatic carbocycles. The van der Waals surface area contributed by atoms with Gasteiger partial charge in [0.05, 0.1) is 20.8 Å². The van der Waals surface area contributed by atoms with Crippen LogP contribution < -0.4 is 20.1 Å². The van der Waals surface area contributed by atoms with E-state index in [9.17, 15) is 0 Å². The van der Waals surface area contributed by atoms with E-state index in [0.717, 1.165) is 75.4 Å². The number of benzene rings is 1. The summed E-state index contributed by atoms with van der Waals surface area (Å²) in [5.74, 6) is 2.79. The van der Waals surface area contributed by atoms with Crippen molar-refractivity contribution < 1.29 is 9.47 Å². The first-order valence-electron chi connectivity index (χ1n) is 10.6. The number of rotatable bonds is 8. The number of hydrogen-bond donors (Lipinski definition) is 2. The predicted molar refractivity (Wildman–Crippen MR) is 120 cm³/mol. The number of nitrogens with zero attached hydrogens (tertiary/aromatic N) is 3. The zero-order valence-corrected chi connectivity index (χ0v) is 19.0. The molecule has 0 atom stereocenters. The number of methoxy groups -OCH3 is 2. The molecule has 0 radical (unpaired) electrons. The van der Waals surface area contributed by atoms with Crippen LogP contribution in [-0.4, -0.2) is 81.3 Å². The maximum atomic E-state index is 5.53. The van der Waals surface area contributed by atoms with Crippen molar-refractivity contribution in [3.05, 3.63) is 23.8 Å². The summed E-state index contributed by atoms with van der Waals surface area (Å²) in [5, 5.41) is 6.93. The molecule has 1 heterocycles. The lowest BCUT2D eigenvalue weighted by Gasteiger charge is -2.36. The summed E-state index contributed by atoms with van der Waals surface area (Å²) in [7, 11) is 3.42. The zero-order chi connectivity index (χ0) is 21.3. The molecular weight excluding hydrogens is 366 g/mol. The van der Waals surface area contributed by atoms with Gasteiger partial charge in [0.25, 0.3) is 0 Å². The van der Waals surface area contributed by atoms with Crippen molar-refractivity contribution in [2.24, 2.45) is 4.99 Å². The molecule has 1 aliphatic heterocycles. The van der Waals surface area contributed by atoms with E-state index < -0.39 is 0 Å². The van der Waals surface area contributed by atoms with E-state index >= 15 is 0 Å². The van der Waals surface area contributed by atoms with Crippen LogP contribution >= 0.6 is 0 Å². The van der Waals surface area contributed by atoms with Crippen molar-refractivity contribution in [2.45, 2.75) is 39.8 Å². The van der Waals surface area contributed by atoms with Gasteiger partial charge in [0, 0.05) is 56.9 Å². The third kappa shape index (κ3) is 7.74. The molecule has 2 rings (SSSR count). The van der Waals surface area contributed by atoms with E-state index in [-0.39, 0.29) is 5.54 Å². The molecule has 0 unspecified atom stereocenters. The Bertz CT molecular complexity index is 649. The third-order valence-corrected chi connectivity index (χ3v) is 4.92. The topological polar surface area (TPSA) is 61.4 Å². The van der Waals surface area contributed by atoms with Gasteiger partial charge in [0.15, 0.2) is 5.96 Å². The highest BCUT2D eigenvalue weighted by molar-refractivity contribution is 5.80. The Morgan fingerprint density at radius 2 is 1.83 bits per heavy atom. The fraction of sp³-hybridized carbons (Fsp3) is 0.682. The van der Waals surface area contributed by atoms with Crippen LogP contribution in [0.15, 0.2) is 23.2 Å². The van der Waals surface area contributed by atoms with Crippen LogP contribution in [0.4, 0.5) is 0 Å². The SMILES string of the molecule is CCNC(=NCCNC(C)(C)C)N1CCN(Cc2cc(OC)ccc2OC)CC1. The van der Waals surface area contributed by atoms with Gasteiger partial charge in [-0.2, -0.15) is 0 Å². The average Bonchev–Trinajstić information content (AvgIpc) is 2.70. The minimum Gasteiger partial charge on any atom is -0.497 e. The van der Waals surface area contributed by atoms with Crippen LogP contribution in [0.5, 0.6) is 11.5 Å². The quantitative estimate of drug-likeness (QED) is 0.393. The lowest BCUT2D eigenvalue weighted by Crippen LogP contribution is -2.52. The van der Waals surface area contributed by atoms with Crippen LogP contribution in [-0.2, 0) is 6.54 Å². The van der Waals surface area contributed by atoms with Crippen LogP contribution in [0, 0.1) is 0 Å². The standard InChI is InChI=1S/C22H39N5O2/c1-7-23-21(24-10-11-25-22(2,3)4)27-14-12-26(13-15-27)17-18-16-19(28-5)8-9-20(18)29-6/h8-9,16,25H,7,10-15,17H2,1-6H3,(H,23,24). The van der Waals surface area contributed by atoms with Crippen LogP contribution in [0.2, 0.25) is 0 Å². The van der Waals surface area contributed by atoms with E-state index in [0.29, 0.717) is 0 Å². The van der Waals surface area contributed by atoms with Gasteiger partial charge in [0.1, 0.15) is 11.5 Å². The summed E-state index contributed by atoms with van der Waals surface area (Å²) in [6.45, 7) is 16.0. The smallest absolute Gasteiger partial charge is 0.194 e. The van der Waals surface area contributed by atoms with E-state index in [4.69, 9.17) is 14.5 Å². The Hall–Kier alpha value is -1.99. The summed E-state index contributed by atoms with van der Waals surface area (Å²) < 4.78 is 10.9.